The van der Waals surface area contributed by atoms with E-state index in [1.807, 2.05) is 12.1 Å². The molecule has 142 valence electrons. The molecule has 3 N–H and O–H groups in total. The first kappa shape index (κ1) is 17.7. The summed E-state index contributed by atoms with van der Waals surface area (Å²) >= 11 is 0. The minimum Gasteiger partial charge on any atom is -0.496 e. The summed E-state index contributed by atoms with van der Waals surface area (Å²) in [6, 6.07) is 10.3. The molecule has 0 radical (unpaired) electrons. The van der Waals surface area contributed by atoms with Crippen LogP contribution in [-0.2, 0) is 7.05 Å². The zero-order valence-electron chi connectivity index (χ0n) is 15.0. The smallest absolute Gasteiger partial charge is 0.329 e. The van der Waals surface area contributed by atoms with Crippen molar-refractivity contribution in [3.05, 3.63) is 74.1 Å². The fourth-order valence-electron chi connectivity index (χ4n) is 3.24. The summed E-state index contributed by atoms with van der Waals surface area (Å²) in [6.07, 6.45) is -1.51. The Morgan fingerprint density at radius 2 is 1.86 bits per heavy atom. The molecule has 1 aliphatic rings. The third kappa shape index (κ3) is 2.60. The number of fused-ring (bicyclic) bond motifs is 2. The molecule has 0 spiro atoms. The van der Waals surface area contributed by atoms with E-state index in [0.717, 1.165) is 4.57 Å². The number of ether oxygens (including phenoxy) is 1. The minimum atomic E-state index is -1.51. The lowest BCUT2D eigenvalue weighted by Crippen LogP contribution is -2.34. The molecule has 3 heterocycles. The van der Waals surface area contributed by atoms with Gasteiger partial charge in [0.15, 0.2) is 0 Å². The minimum absolute atomic E-state index is 0.0174. The molecule has 0 saturated heterocycles. The summed E-state index contributed by atoms with van der Waals surface area (Å²) in [4.78, 5) is 43.4. The third-order valence-corrected chi connectivity index (χ3v) is 4.68. The fourth-order valence-corrected chi connectivity index (χ4v) is 3.24. The highest BCUT2D eigenvalue weighted by molar-refractivity contribution is 6.06. The number of H-pyrrole nitrogens is 1. The average Bonchev–Trinajstić information content (AvgIpc) is 2.81. The summed E-state index contributed by atoms with van der Waals surface area (Å²) in [7, 11) is 2.91. The van der Waals surface area contributed by atoms with Crippen LogP contribution >= 0.6 is 0 Å². The van der Waals surface area contributed by atoms with E-state index in [2.05, 4.69) is 15.3 Å². The third-order valence-electron chi connectivity index (χ3n) is 4.68. The van der Waals surface area contributed by atoms with E-state index in [0.29, 0.717) is 17.0 Å². The van der Waals surface area contributed by atoms with Crippen molar-refractivity contribution in [3.63, 3.8) is 0 Å². The van der Waals surface area contributed by atoms with Crippen molar-refractivity contribution in [3.8, 4) is 17.0 Å². The molecule has 1 amide bonds. The molecule has 0 saturated carbocycles. The molecule has 2 aromatic heterocycles. The monoisotopic (exact) mass is 380 g/mol. The zero-order valence-corrected chi connectivity index (χ0v) is 15.0. The van der Waals surface area contributed by atoms with Crippen LogP contribution in [0.3, 0.4) is 0 Å². The molecular weight excluding hydrogens is 364 g/mol. The number of para-hydroxylation sites is 1. The van der Waals surface area contributed by atoms with Crippen molar-refractivity contribution in [1.29, 1.82) is 0 Å². The molecule has 1 atom stereocenters. The van der Waals surface area contributed by atoms with Gasteiger partial charge in [-0.05, 0) is 24.3 Å². The second-order valence-corrected chi connectivity index (χ2v) is 6.27. The zero-order chi connectivity index (χ0) is 20.0. The van der Waals surface area contributed by atoms with Crippen LogP contribution in [0, 0.1) is 0 Å². The molecule has 3 aromatic rings. The van der Waals surface area contributed by atoms with Gasteiger partial charge in [-0.15, -0.1) is 0 Å². The van der Waals surface area contributed by atoms with Crippen molar-refractivity contribution < 1.29 is 14.6 Å². The lowest BCUT2D eigenvalue weighted by molar-refractivity contribution is 0.102. The van der Waals surface area contributed by atoms with Gasteiger partial charge in [0, 0.05) is 12.6 Å². The van der Waals surface area contributed by atoms with E-state index in [1.54, 1.807) is 18.2 Å². The number of aliphatic hydroxyl groups is 1. The Morgan fingerprint density at radius 1 is 1.11 bits per heavy atom. The van der Waals surface area contributed by atoms with Crippen LogP contribution in [0.5, 0.6) is 5.75 Å². The summed E-state index contributed by atoms with van der Waals surface area (Å²) in [6.45, 7) is 0. The molecule has 1 aromatic carbocycles. The number of rotatable bonds is 2. The number of carbonyl (C=O) groups excluding carboxylic acids is 1. The molecule has 4 rings (SSSR count). The summed E-state index contributed by atoms with van der Waals surface area (Å²) in [5.41, 5.74) is -0.392. The van der Waals surface area contributed by atoms with Crippen molar-refractivity contribution in [2.45, 2.75) is 6.10 Å². The molecule has 0 aliphatic carbocycles. The number of anilines is 1. The van der Waals surface area contributed by atoms with E-state index in [1.165, 1.54) is 20.2 Å². The maximum Gasteiger partial charge on any atom is 0.329 e. The van der Waals surface area contributed by atoms with Gasteiger partial charge in [0.05, 0.1) is 29.6 Å². The Hall–Kier alpha value is -3.72. The Kier molecular flexibility index (Phi) is 4.08. The van der Waals surface area contributed by atoms with Crippen LogP contribution in [0.2, 0.25) is 0 Å². The van der Waals surface area contributed by atoms with Crippen molar-refractivity contribution in [2.75, 3.05) is 12.4 Å². The number of hydrogen-bond donors (Lipinski definition) is 3. The van der Waals surface area contributed by atoms with Crippen LogP contribution < -0.4 is 21.3 Å². The second-order valence-electron chi connectivity index (χ2n) is 6.27. The quantitative estimate of drug-likeness (QED) is 0.603. The summed E-state index contributed by atoms with van der Waals surface area (Å²) < 4.78 is 6.41. The first-order valence-corrected chi connectivity index (χ1v) is 8.39. The fraction of sp³-hybridized carbons (Fsp3) is 0.158. The average molecular weight is 380 g/mol. The predicted octanol–water partition coefficient (Wildman–Crippen LogP) is 0.792. The van der Waals surface area contributed by atoms with E-state index >= 15 is 0 Å². The van der Waals surface area contributed by atoms with Gasteiger partial charge >= 0.3 is 5.69 Å². The maximum absolute atomic E-state index is 12.6. The first-order chi connectivity index (χ1) is 13.4. The molecule has 0 bridgehead atoms. The van der Waals surface area contributed by atoms with Crippen LogP contribution in [0.4, 0.5) is 5.82 Å². The van der Waals surface area contributed by atoms with E-state index < -0.39 is 23.3 Å². The van der Waals surface area contributed by atoms with Crippen molar-refractivity contribution in [1.82, 2.24) is 14.5 Å². The van der Waals surface area contributed by atoms with Gasteiger partial charge < -0.3 is 15.2 Å². The summed E-state index contributed by atoms with van der Waals surface area (Å²) in [5, 5.41) is 13.4. The number of aromatic amines is 1. The molecular formula is C19H16N4O5. The number of hydrogen-bond acceptors (Lipinski definition) is 6. The Balaban J connectivity index is 1.97. The number of aromatic nitrogens is 3. The number of nitrogens with one attached hydrogen (secondary N) is 2. The lowest BCUT2D eigenvalue weighted by Gasteiger charge is -2.14. The van der Waals surface area contributed by atoms with Gasteiger partial charge in [0.1, 0.15) is 17.7 Å². The molecule has 9 nitrogen and oxygen atoms in total. The number of pyridine rings is 1. The first-order valence-electron chi connectivity index (χ1n) is 8.39. The highest BCUT2D eigenvalue weighted by Crippen LogP contribution is 2.34. The maximum atomic E-state index is 12.6. The van der Waals surface area contributed by atoms with Gasteiger partial charge in [-0.3, -0.25) is 19.1 Å². The Labute approximate surface area is 158 Å². The number of carbonyl (C=O) groups is 1. The number of amides is 1. The van der Waals surface area contributed by atoms with Crippen LogP contribution in [0.1, 0.15) is 27.7 Å². The standard InChI is InChI=1S/C19H16N4O5/c1-23-16-13(18(26)22-19(23)27)15(24)14-10(17(25)21-16)7-8-11(20-14)9-5-3-4-6-12(9)28-2/h3-8,15,24H,1-2H3,(H,21,25)(H,22,26,27). The molecule has 1 unspecified atom stereocenters. The van der Waals surface area contributed by atoms with Crippen LogP contribution in [-0.4, -0.2) is 32.7 Å². The number of benzene rings is 1. The number of methoxy groups -OCH3 is 1. The van der Waals surface area contributed by atoms with E-state index in [9.17, 15) is 19.5 Å². The Morgan fingerprint density at radius 3 is 2.61 bits per heavy atom. The highest BCUT2D eigenvalue weighted by atomic mass is 16.5. The topological polar surface area (TPSA) is 126 Å². The normalized spacial score (nSPS) is 15.2. The Bertz CT molecular complexity index is 1230. The molecule has 1 aliphatic heterocycles. The van der Waals surface area contributed by atoms with E-state index in [-0.39, 0.29) is 22.6 Å². The van der Waals surface area contributed by atoms with Gasteiger partial charge in [-0.1, -0.05) is 12.1 Å². The SMILES string of the molecule is COc1ccccc1-c1ccc2c(n1)C(O)c1c(n(C)c(=O)[nH]c1=O)NC2=O. The largest absolute Gasteiger partial charge is 0.496 e. The second kappa shape index (κ2) is 6.46. The molecule has 0 fully saturated rings. The molecule has 9 heteroatoms. The highest BCUT2D eigenvalue weighted by Gasteiger charge is 2.32. The van der Waals surface area contributed by atoms with Gasteiger partial charge in [0.2, 0.25) is 0 Å². The number of nitrogens with zero attached hydrogens (tertiary/aromatic N) is 2. The predicted molar refractivity (Wildman–Crippen MR) is 101 cm³/mol. The van der Waals surface area contributed by atoms with Crippen molar-refractivity contribution >= 4 is 11.7 Å². The van der Waals surface area contributed by atoms with Gasteiger partial charge in [-0.25, -0.2) is 9.78 Å². The lowest BCUT2D eigenvalue weighted by atomic mass is 10.0. The van der Waals surface area contributed by atoms with Crippen LogP contribution in [0.15, 0.2) is 46.0 Å². The van der Waals surface area contributed by atoms with E-state index in [4.69, 9.17) is 4.74 Å². The summed E-state index contributed by atoms with van der Waals surface area (Å²) in [5.74, 6) is -0.0706. The van der Waals surface area contributed by atoms with Crippen molar-refractivity contribution in [2.24, 2.45) is 7.05 Å². The van der Waals surface area contributed by atoms with Crippen LogP contribution in [0.25, 0.3) is 11.3 Å². The van der Waals surface area contributed by atoms with Gasteiger partial charge in [-0.2, -0.15) is 0 Å². The van der Waals surface area contributed by atoms with Gasteiger partial charge in [0.25, 0.3) is 11.5 Å². The molecule has 28 heavy (non-hydrogen) atoms. The number of aliphatic hydroxyl groups excluding tert-OH is 1.